The zero-order valence-corrected chi connectivity index (χ0v) is 11.7. The minimum atomic E-state index is 0.135. The lowest BCUT2D eigenvalue weighted by Gasteiger charge is -2.15. The predicted octanol–water partition coefficient (Wildman–Crippen LogP) is 3.07. The Morgan fingerprint density at radius 2 is 1.95 bits per heavy atom. The Bertz CT molecular complexity index is 434. The molecule has 0 radical (unpaired) electrons. The highest BCUT2D eigenvalue weighted by Crippen LogP contribution is 2.17. The second kappa shape index (κ2) is 6.71. The number of nitrogens with one attached hydrogen (secondary N) is 1. The maximum Gasteiger partial charge on any atom is 0.176 e. The van der Waals surface area contributed by atoms with Gasteiger partial charge in [0.15, 0.2) is 5.78 Å². The molecular weight excluding hydrogens is 236 g/mol. The Labute approximate surface area is 115 Å². The molecule has 1 saturated carbocycles. The van der Waals surface area contributed by atoms with Crippen molar-refractivity contribution in [3.05, 3.63) is 29.3 Å². The van der Waals surface area contributed by atoms with Gasteiger partial charge >= 0.3 is 0 Å². The molecule has 3 N–H and O–H groups in total. The van der Waals surface area contributed by atoms with Crippen LogP contribution in [0.15, 0.2) is 18.2 Å². The summed E-state index contributed by atoms with van der Waals surface area (Å²) in [5.74, 6) is 0.135. The first-order chi connectivity index (χ1) is 9.16. The average Bonchev–Trinajstić information content (AvgIpc) is 2.67. The number of hydrogen-bond donors (Lipinski definition) is 2. The lowest BCUT2D eigenvalue weighted by atomic mass is 10.1. The lowest BCUT2D eigenvalue weighted by Crippen LogP contribution is -2.33. The first kappa shape index (κ1) is 14.1. The minimum Gasteiger partial charge on any atom is -0.398 e. The summed E-state index contributed by atoms with van der Waals surface area (Å²) in [6.45, 7) is 2.38. The van der Waals surface area contributed by atoms with Gasteiger partial charge in [-0.05, 0) is 31.4 Å². The van der Waals surface area contributed by atoms with E-state index in [9.17, 15) is 4.79 Å². The molecule has 2 rings (SSSR count). The smallest absolute Gasteiger partial charge is 0.176 e. The van der Waals surface area contributed by atoms with Crippen LogP contribution in [0.4, 0.5) is 5.69 Å². The first-order valence-corrected chi connectivity index (χ1v) is 7.29. The fraction of sp³-hybridized carbons (Fsp3) is 0.562. The maximum atomic E-state index is 12.1. The van der Waals surface area contributed by atoms with Gasteiger partial charge in [-0.3, -0.25) is 4.79 Å². The van der Waals surface area contributed by atoms with Gasteiger partial charge in [0.05, 0.1) is 6.54 Å². The molecule has 0 aliphatic heterocycles. The number of Topliss-reactive ketones (excluding diaryl/α,β-unsaturated/α-hetero) is 1. The third kappa shape index (κ3) is 4.06. The summed E-state index contributed by atoms with van der Waals surface area (Å²) in [4.78, 5) is 12.1. The van der Waals surface area contributed by atoms with Crippen molar-refractivity contribution < 1.29 is 4.79 Å². The van der Waals surface area contributed by atoms with Gasteiger partial charge in [-0.2, -0.15) is 0 Å². The Morgan fingerprint density at radius 3 is 2.58 bits per heavy atom. The largest absolute Gasteiger partial charge is 0.398 e. The van der Waals surface area contributed by atoms with Crippen LogP contribution in [-0.2, 0) is 0 Å². The summed E-state index contributed by atoms with van der Waals surface area (Å²) in [6, 6.07) is 6.07. The van der Waals surface area contributed by atoms with Crippen molar-refractivity contribution >= 4 is 11.5 Å². The van der Waals surface area contributed by atoms with E-state index in [4.69, 9.17) is 5.73 Å². The molecule has 1 aromatic carbocycles. The summed E-state index contributed by atoms with van der Waals surface area (Å²) in [7, 11) is 0. The molecule has 1 aliphatic rings. The summed E-state index contributed by atoms with van der Waals surface area (Å²) < 4.78 is 0. The van der Waals surface area contributed by atoms with Crippen LogP contribution in [0.25, 0.3) is 0 Å². The number of carbonyl (C=O) groups excluding carboxylic acids is 1. The maximum absolute atomic E-state index is 12.1. The van der Waals surface area contributed by atoms with E-state index in [0.29, 0.717) is 23.8 Å². The normalized spacial score (nSPS) is 17.1. The summed E-state index contributed by atoms with van der Waals surface area (Å²) in [5, 5.41) is 3.40. The van der Waals surface area contributed by atoms with Crippen LogP contribution < -0.4 is 11.1 Å². The van der Waals surface area contributed by atoms with Crippen molar-refractivity contribution in [2.24, 2.45) is 0 Å². The van der Waals surface area contributed by atoms with Gasteiger partial charge in [-0.1, -0.05) is 37.8 Å². The molecule has 0 heterocycles. The molecule has 0 aromatic heterocycles. The van der Waals surface area contributed by atoms with E-state index in [1.165, 1.54) is 38.5 Å². The number of rotatable bonds is 4. The van der Waals surface area contributed by atoms with Gasteiger partial charge < -0.3 is 11.1 Å². The summed E-state index contributed by atoms with van der Waals surface area (Å²) in [5.41, 5.74) is 8.27. The quantitative estimate of drug-likeness (QED) is 0.497. The van der Waals surface area contributed by atoms with Crippen molar-refractivity contribution in [2.75, 3.05) is 12.3 Å². The Kier molecular flexibility index (Phi) is 4.97. The molecular formula is C16H24N2O. The number of anilines is 1. The Balaban J connectivity index is 1.87. The molecule has 3 nitrogen and oxygen atoms in total. The van der Waals surface area contributed by atoms with Crippen LogP contribution in [0, 0.1) is 6.92 Å². The standard InChI is InChI=1S/C16H24N2O/c1-12-8-9-13(10-15(12)17)16(19)11-18-14-6-4-2-3-5-7-14/h8-10,14,18H,2-7,11,17H2,1H3. The highest BCUT2D eigenvalue weighted by molar-refractivity contribution is 5.98. The van der Waals surface area contributed by atoms with E-state index in [1.54, 1.807) is 6.07 Å². The number of aryl methyl sites for hydroxylation is 1. The van der Waals surface area contributed by atoms with Gasteiger partial charge in [0, 0.05) is 17.3 Å². The van der Waals surface area contributed by atoms with Crippen molar-refractivity contribution in [3.63, 3.8) is 0 Å². The minimum absolute atomic E-state index is 0.135. The highest BCUT2D eigenvalue weighted by atomic mass is 16.1. The fourth-order valence-electron chi connectivity index (χ4n) is 2.64. The van der Waals surface area contributed by atoms with Crippen molar-refractivity contribution in [3.8, 4) is 0 Å². The number of ketones is 1. The molecule has 0 atom stereocenters. The van der Waals surface area contributed by atoms with Gasteiger partial charge in [0.2, 0.25) is 0 Å². The number of carbonyl (C=O) groups is 1. The van der Waals surface area contributed by atoms with Gasteiger partial charge in [-0.25, -0.2) is 0 Å². The molecule has 0 unspecified atom stereocenters. The Morgan fingerprint density at radius 1 is 1.26 bits per heavy atom. The summed E-state index contributed by atoms with van der Waals surface area (Å²) in [6.07, 6.45) is 7.63. The van der Waals surface area contributed by atoms with Crippen molar-refractivity contribution in [2.45, 2.75) is 51.5 Å². The molecule has 0 spiro atoms. The van der Waals surface area contributed by atoms with Crippen LogP contribution in [-0.4, -0.2) is 18.4 Å². The zero-order valence-electron chi connectivity index (χ0n) is 11.7. The molecule has 0 saturated heterocycles. The third-order valence-electron chi connectivity index (χ3n) is 4.01. The molecule has 19 heavy (non-hydrogen) atoms. The SMILES string of the molecule is Cc1ccc(C(=O)CNC2CCCCCC2)cc1N. The van der Waals surface area contributed by atoms with Crippen LogP contribution in [0.2, 0.25) is 0 Å². The van der Waals surface area contributed by atoms with E-state index in [1.807, 2.05) is 19.1 Å². The second-order valence-corrected chi connectivity index (χ2v) is 5.56. The number of nitrogens with two attached hydrogens (primary N) is 1. The van der Waals surface area contributed by atoms with Gasteiger partial charge in [-0.15, -0.1) is 0 Å². The number of nitrogen functional groups attached to an aromatic ring is 1. The molecule has 0 amide bonds. The molecule has 3 heteroatoms. The monoisotopic (exact) mass is 260 g/mol. The van der Waals surface area contributed by atoms with Crippen molar-refractivity contribution in [1.29, 1.82) is 0 Å². The molecule has 0 bridgehead atoms. The highest BCUT2D eigenvalue weighted by Gasteiger charge is 2.14. The van der Waals surface area contributed by atoms with E-state index >= 15 is 0 Å². The van der Waals surface area contributed by atoms with Crippen LogP contribution in [0.3, 0.4) is 0 Å². The van der Waals surface area contributed by atoms with E-state index < -0.39 is 0 Å². The van der Waals surface area contributed by atoms with Crippen LogP contribution >= 0.6 is 0 Å². The number of hydrogen-bond acceptors (Lipinski definition) is 3. The van der Waals surface area contributed by atoms with Gasteiger partial charge in [0.25, 0.3) is 0 Å². The molecule has 104 valence electrons. The molecule has 1 aromatic rings. The van der Waals surface area contributed by atoms with Crippen LogP contribution in [0.5, 0.6) is 0 Å². The lowest BCUT2D eigenvalue weighted by molar-refractivity contribution is 0.0986. The Hall–Kier alpha value is -1.35. The van der Waals surface area contributed by atoms with Crippen LogP contribution in [0.1, 0.15) is 54.4 Å². The van der Waals surface area contributed by atoms with Crippen molar-refractivity contribution in [1.82, 2.24) is 5.32 Å². The third-order valence-corrected chi connectivity index (χ3v) is 4.01. The topological polar surface area (TPSA) is 55.1 Å². The number of benzene rings is 1. The average molecular weight is 260 g/mol. The predicted molar refractivity (Wildman–Crippen MR) is 79.4 cm³/mol. The van der Waals surface area contributed by atoms with E-state index in [2.05, 4.69) is 5.32 Å². The zero-order chi connectivity index (χ0) is 13.7. The fourth-order valence-corrected chi connectivity index (χ4v) is 2.64. The van der Waals surface area contributed by atoms with E-state index in [-0.39, 0.29) is 5.78 Å². The second-order valence-electron chi connectivity index (χ2n) is 5.56. The molecule has 1 fully saturated rings. The molecule has 1 aliphatic carbocycles. The van der Waals surface area contributed by atoms with Gasteiger partial charge in [0.1, 0.15) is 0 Å². The van der Waals surface area contributed by atoms with E-state index in [0.717, 1.165) is 5.56 Å². The first-order valence-electron chi connectivity index (χ1n) is 7.29. The summed E-state index contributed by atoms with van der Waals surface area (Å²) >= 11 is 0.